The number of hydrogen-bond acceptors (Lipinski definition) is 18. The van der Waals surface area contributed by atoms with Gasteiger partial charge in [-0.3, -0.25) is 28.8 Å². The molecule has 2 aromatic rings. The molecule has 0 N–H and O–H groups in total. The SMILES string of the molecule is C/C=C1/[C@H](O[C@@H]2O[C@H](COC(C)=O)[C@@H](OC(C)=O)[C@H](OC(C)=O)[C@H]2OC(C)=O)OC=C2C(=O)OCCc3ccc(cc3)Oc3cc(ccc3OC(C)=O)CCOC(=O)C[C@H]21. The average molecular weight is 839 g/mol. The van der Waals surface area contributed by atoms with Crippen LogP contribution < -0.4 is 9.47 Å². The summed E-state index contributed by atoms with van der Waals surface area (Å²) in [6.45, 7) is 6.64. The molecule has 7 atom stereocenters. The minimum atomic E-state index is -1.64. The Morgan fingerprint density at radius 1 is 0.750 bits per heavy atom. The topological polar surface area (TPSA) is 221 Å². The summed E-state index contributed by atoms with van der Waals surface area (Å²) in [5, 5.41) is 0. The van der Waals surface area contributed by atoms with Gasteiger partial charge in [-0.15, -0.1) is 0 Å². The first-order chi connectivity index (χ1) is 28.6. The molecule has 18 heteroatoms. The van der Waals surface area contributed by atoms with Crippen LogP contribution in [0.25, 0.3) is 0 Å². The third kappa shape index (κ3) is 12.1. The first-order valence-corrected chi connectivity index (χ1v) is 19.0. The maximum Gasteiger partial charge on any atom is 0.337 e. The maximum absolute atomic E-state index is 13.7. The Labute approximate surface area is 344 Å². The van der Waals surface area contributed by atoms with Crippen LogP contribution in [0.5, 0.6) is 17.2 Å². The third-order valence-electron chi connectivity index (χ3n) is 9.20. The van der Waals surface area contributed by atoms with E-state index in [1.807, 2.05) is 0 Å². The van der Waals surface area contributed by atoms with Crippen LogP contribution in [0.2, 0.25) is 0 Å². The largest absolute Gasteiger partial charge is 0.468 e. The lowest BCUT2D eigenvalue weighted by atomic mass is 9.86. The van der Waals surface area contributed by atoms with Crippen molar-refractivity contribution in [3.63, 3.8) is 0 Å². The number of fused-ring (bicyclic) bond motifs is 9. The highest BCUT2D eigenvalue weighted by atomic mass is 16.8. The lowest BCUT2D eigenvalue weighted by Gasteiger charge is -2.45. The Morgan fingerprint density at radius 2 is 1.38 bits per heavy atom. The summed E-state index contributed by atoms with van der Waals surface area (Å²) in [7, 11) is 0. The summed E-state index contributed by atoms with van der Waals surface area (Å²) in [5.74, 6) is -5.35. The van der Waals surface area contributed by atoms with E-state index in [0.29, 0.717) is 17.7 Å². The van der Waals surface area contributed by atoms with E-state index in [0.717, 1.165) is 39.5 Å². The number of ether oxygens (including phenoxy) is 11. The van der Waals surface area contributed by atoms with E-state index in [1.165, 1.54) is 6.92 Å². The third-order valence-corrected chi connectivity index (χ3v) is 9.20. The van der Waals surface area contributed by atoms with Crippen LogP contribution in [0.15, 0.2) is 65.9 Å². The minimum Gasteiger partial charge on any atom is -0.468 e. The molecule has 1 fully saturated rings. The summed E-state index contributed by atoms with van der Waals surface area (Å²) in [4.78, 5) is 87.7. The minimum absolute atomic E-state index is 0.0335. The van der Waals surface area contributed by atoms with Crippen molar-refractivity contribution in [2.24, 2.45) is 5.92 Å². The van der Waals surface area contributed by atoms with Gasteiger partial charge < -0.3 is 52.1 Å². The van der Waals surface area contributed by atoms with Crippen LogP contribution in [0, 0.1) is 5.92 Å². The highest BCUT2D eigenvalue weighted by molar-refractivity contribution is 5.91. The number of hydrogen-bond donors (Lipinski definition) is 0. The van der Waals surface area contributed by atoms with Crippen molar-refractivity contribution in [2.75, 3.05) is 19.8 Å². The number of carbonyl (C=O) groups excluding carboxylic acids is 7. The maximum atomic E-state index is 13.7. The molecule has 4 aliphatic heterocycles. The number of rotatable bonds is 8. The highest BCUT2D eigenvalue weighted by Gasteiger charge is 2.54. The molecule has 0 unspecified atom stereocenters. The van der Waals surface area contributed by atoms with Crippen molar-refractivity contribution in [1.82, 2.24) is 0 Å². The Balaban J connectivity index is 1.45. The molecule has 0 saturated carbocycles. The van der Waals surface area contributed by atoms with E-state index in [9.17, 15) is 33.6 Å². The second-order valence-corrected chi connectivity index (χ2v) is 13.8. The Kier molecular flexibility index (Phi) is 15.4. The van der Waals surface area contributed by atoms with Crippen molar-refractivity contribution in [3.8, 4) is 17.2 Å². The molecule has 4 heterocycles. The molecule has 1 saturated heterocycles. The van der Waals surface area contributed by atoms with Crippen LogP contribution in [0.3, 0.4) is 0 Å². The van der Waals surface area contributed by atoms with Gasteiger partial charge in [-0.05, 0) is 42.3 Å². The fourth-order valence-electron chi connectivity index (χ4n) is 6.66. The van der Waals surface area contributed by atoms with Gasteiger partial charge in [-0.1, -0.05) is 24.3 Å². The van der Waals surface area contributed by atoms with Gasteiger partial charge in [0.15, 0.2) is 29.8 Å². The average Bonchev–Trinajstić information content (AvgIpc) is 3.17. The zero-order valence-electron chi connectivity index (χ0n) is 33.8. The lowest BCUT2D eigenvalue weighted by Crippen LogP contribution is -2.63. The Bertz CT molecular complexity index is 2000. The van der Waals surface area contributed by atoms with Crippen LogP contribution in [0.4, 0.5) is 0 Å². The smallest absolute Gasteiger partial charge is 0.337 e. The molecule has 2 aromatic carbocycles. The summed E-state index contributed by atoms with van der Waals surface area (Å²) >= 11 is 0. The van der Waals surface area contributed by atoms with Crippen molar-refractivity contribution < 1.29 is 85.7 Å². The summed E-state index contributed by atoms with van der Waals surface area (Å²) in [6.07, 6.45) is -6.12. The van der Waals surface area contributed by atoms with Crippen LogP contribution in [-0.2, 0) is 89.0 Å². The molecular weight excluding hydrogens is 792 g/mol. The first-order valence-electron chi connectivity index (χ1n) is 19.0. The first kappa shape index (κ1) is 44.8. The quantitative estimate of drug-likeness (QED) is 0.159. The van der Waals surface area contributed by atoms with Crippen molar-refractivity contribution in [2.45, 2.75) is 97.8 Å². The predicted octanol–water partition coefficient (Wildman–Crippen LogP) is 3.88. The molecule has 0 aromatic heterocycles. The lowest BCUT2D eigenvalue weighted by molar-refractivity contribution is -0.331. The standard InChI is InChI=1S/C42H46O18/c1-7-30-31-19-36(48)50-16-15-28-10-13-33(54-23(3)44)34(18-28)58-29-11-8-27(9-12-29)14-17-51-40(49)32(31)20-53-41(30)60-42-39(57-26(6)47)38(56-25(5)46)37(55-24(4)45)35(59-42)21-52-22(2)43/h7-13,18,20,31,35,37-39,41-42H,14-17,19,21H2,1-6H3/b30-7+/t31-,35+,37+,38-,39+,41-,42-/m0/s1. The van der Waals surface area contributed by atoms with Crippen molar-refractivity contribution in [3.05, 3.63) is 77.1 Å². The van der Waals surface area contributed by atoms with Crippen molar-refractivity contribution >= 4 is 41.8 Å². The number of allylic oxidation sites excluding steroid dienone is 1. The second kappa shape index (κ2) is 20.6. The molecule has 4 aliphatic rings. The van der Waals surface area contributed by atoms with Gasteiger partial charge in [-0.25, -0.2) is 4.79 Å². The molecule has 18 nitrogen and oxygen atoms in total. The van der Waals surface area contributed by atoms with Crippen LogP contribution >= 0.6 is 0 Å². The van der Waals surface area contributed by atoms with E-state index < -0.39 is 91.3 Å². The molecule has 60 heavy (non-hydrogen) atoms. The number of esters is 7. The van der Waals surface area contributed by atoms with Gasteiger partial charge in [0.05, 0.1) is 31.5 Å². The van der Waals surface area contributed by atoms with Gasteiger partial charge in [0.2, 0.25) is 12.6 Å². The fourth-order valence-corrected chi connectivity index (χ4v) is 6.66. The van der Waals surface area contributed by atoms with E-state index in [2.05, 4.69) is 0 Å². The van der Waals surface area contributed by atoms with E-state index >= 15 is 0 Å². The zero-order valence-corrected chi connectivity index (χ0v) is 33.8. The summed E-state index contributed by atoms with van der Waals surface area (Å²) in [5.41, 5.74) is 1.71. The second-order valence-electron chi connectivity index (χ2n) is 13.8. The number of carbonyl (C=O) groups is 7. The molecular formula is C42H46O18. The molecule has 0 amide bonds. The molecule has 0 radical (unpaired) electrons. The van der Waals surface area contributed by atoms with Gasteiger partial charge in [-0.2, -0.15) is 0 Å². The molecule has 0 spiro atoms. The summed E-state index contributed by atoms with van der Waals surface area (Å²) < 4.78 is 62.6. The van der Waals surface area contributed by atoms with Gasteiger partial charge in [0.25, 0.3) is 0 Å². The summed E-state index contributed by atoms with van der Waals surface area (Å²) in [6, 6.07) is 12.0. The van der Waals surface area contributed by atoms with Gasteiger partial charge in [0.1, 0.15) is 18.5 Å². The van der Waals surface area contributed by atoms with E-state index in [-0.39, 0.29) is 48.7 Å². The normalized spacial score (nSPS) is 25.1. The van der Waals surface area contributed by atoms with Crippen molar-refractivity contribution in [1.29, 1.82) is 0 Å². The monoisotopic (exact) mass is 838 g/mol. The molecule has 4 bridgehead atoms. The zero-order chi connectivity index (χ0) is 43.5. The molecule has 0 aliphatic carbocycles. The van der Waals surface area contributed by atoms with E-state index in [4.69, 9.17) is 52.1 Å². The molecule has 322 valence electrons. The van der Waals surface area contributed by atoms with Gasteiger partial charge >= 0.3 is 41.8 Å². The van der Waals surface area contributed by atoms with Crippen LogP contribution in [0.1, 0.15) is 59.1 Å². The Morgan fingerprint density at radius 3 is 2.03 bits per heavy atom. The fraction of sp³-hybridized carbons (Fsp3) is 0.452. The van der Waals surface area contributed by atoms with Gasteiger partial charge in [0, 0.05) is 59.0 Å². The van der Waals surface area contributed by atoms with Crippen LogP contribution in [-0.4, -0.2) is 98.6 Å². The predicted molar refractivity (Wildman–Crippen MR) is 201 cm³/mol. The highest BCUT2D eigenvalue weighted by Crippen LogP contribution is 2.38. The Hall–Kier alpha value is -6.27. The molecule has 6 rings (SSSR count). The number of benzene rings is 2. The van der Waals surface area contributed by atoms with E-state index in [1.54, 1.807) is 55.5 Å².